The summed E-state index contributed by atoms with van der Waals surface area (Å²) in [6, 6.07) is 15.1. The van der Waals surface area contributed by atoms with Gasteiger partial charge in [-0.3, -0.25) is 9.62 Å². The van der Waals surface area contributed by atoms with E-state index in [4.69, 9.17) is 4.74 Å². The molecular formula is C24H35ClN4O4S. The Hall–Kier alpha value is -2.49. The Bertz CT molecular complexity index is 1000. The Kier molecular flexibility index (Phi) is 10.5. The summed E-state index contributed by atoms with van der Waals surface area (Å²) in [5.41, 5.74) is 1.71. The molecule has 2 aromatic rings. The summed E-state index contributed by atoms with van der Waals surface area (Å²) in [5.74, 6) is 1.36. The molecule has 2 aromatic carbocycles. The molecule has 3 rings (SSSR count). The summed E-state index contributed by atoms with van der Waals surface area (Å²) in [6.07, 6.45) is 3.03. The van der Waals surface area contributed by atoms with Crippen molar-refractivity contribution in [1.29, 1.82) is 0 Å². The summed E-state index contributed by atoms with van der Waals surface area (Å²) >= 11 is 0. The van der Waals surface area contributed by atoms with Crippen LogP contribution in [-0.4, -0.2) is 62.7 Å². The molecule has 2 amide bonds. The van der Waals surface area contributed by atoms with E-state index < -0.39 is 10.0 Å². The fraction of sp³-hybridized carbons (Fsp3) is 0.458. The van der Waals surface area contributed by atoms with Gasteiger partial charge >= 0.3 is 6.03 Å². The quantitative estimate of drug-likeness (QED) is 0.525. The molecule has 1 fully saturated rings. The SMILES string of the molecule is CCN(CC)C(=O)NC1CCN(Cc2ccc(Oc3ccc(NS(C)(=O)=O)cc3)cc2)CC1.Cl. The van der Waals surface area contributed by atoms with Crippen LogP contribution in [0.5, 0.6) is 11.5 Å². The second-order valence-electron chi connectivity index (χ2n) is 8.32. The molecule has 0 spiro atoms. The van der Waals surface area contributed by atoms with E-state index in [9.17, 15) is 13.2 Å². The Morgan fingerprint density at radius 1 is 1.00 bits per heavy atom. The first-order valence-corrected chi connectivity index (χ1v) is 13.3. The molecule has 1 aliphatic rings. The Labute approximate surface area is 209 Å². The third-order valence-electron chi connectivity index (χ3n) is 5.69. The minimum Gasteiger partial charge on any atom is -0.457 e. The molecule has 0 radical (unpaired) electrons. The molecule has 0 atom stereocenters. The predicted molar refractivity (Wildman–Crippen MR) is 138 cm³/mol. The van der Waals surface area contributed by atoms with Crippen molar-refractivity contribution in [2.24, 2.45) is 0 Å². The summed E-state index contributed by atoms with van der Waals surface area (Å²) in [5, 5.41) is 3.16. The van der Waals surface area contributed by atoms with Crippen LogP contribution >= 0.6 is 12.4 Å². The molecule has 1 aliphatic heterocycles. The highest BCUT2D eigenvalue weighted by atomic mass is 35.5. The van der Waals surface area contributed by atoms with Crippen molar-refractivity contribution in [3.8, 4) is 11.5 Å². The van der Waals surface area contributed by atoms with Gasteiger partial charge in [0.1, 0.15) is 11.5 Å². The van der Waals surface area contributed by atoms with Gasteiger partial charge < -0.3 is 15.0 Å². The van der Waals surface area contributed by atoms with Gasteiger partial charge in [0.25, 0.3) is 0 Å². The number of likely N-dealkylation sites (tertiary alicyclic amines) is 1. The highest BCUT2D eigenvalue weighted by Gasteiger charge is 2.22. The molecule has 10 heteroatoms. The largest absolute Gasteiger partial charge is 0.457 e. The lowest BCUT2D eigenvalue weighted by Gasteiger charge is -2.33. The Morgan fingerprint density at radius 3 is 2.03 bits per heavy atom. The molecular weight excluding hydrogens is 476 g/mol. The van der Waals surface area contributed by atoms with E-state index in [-0.39, 0.29) is 24.5 Å². The van der Waals surface area contributed by atoms with Gasteiger partial charge in [-0.1, -0.05) is 12.1 Å². The van der Waals surface area contributed by atoms with E-state index in [1.807, 2.05) is 30.9 Å². The number of anilines is 1. The van der Waals surface area contributed by atoms with Gasteiger partial charge in [0.2, 0.25) is 10.0 Å². The van der Waals surface area contributed by atoms with Crippen LogP contribution in [0.2, 0.25) is 0 Å². The van der Waals surface area contributed by atoms with E-state index in [1.54, 1.807) is 24.3 Å². The maximum absolute atomic E-state index is 12.2. The summed E-state index contributed by atoms with van der Waals surface area (Å²) < 4.78 is 30.9. The van der Waals surface area contributed by atoms with E-state index in [0.717, 1.165) is 57.6 Å². The molecule has 0 aromatic heterocycles. The molecule has 0 aliphatic carbocycles. The number of piperidine rings is 1. The van der Waals surface area contributed by atoms with E-state index in [1.165, 1.54) is 5.56 Å². The minimum absolute atomic E-state index is 0. The fourth-order valence-corrected chi connectivity index (χ4v) is 4.44. The van der Waals surface area contributed by atoms with Crippen LogP contribution in [0, 0.1) is 0 Å². The lowest BCUT2D eigenvalue weighted by Crippen LogP contribution is -2.49. The van der Waals surface area contributed by atoms with E-state index >= 15 is 0 Å². The number of hydrogen-bond acceptors (Lipinski definition) is 5. The molecule has 0 unspecified atom stereocenters. The van der Waals surface area contributed by atoms with Crippen molar-refractivity contribution in [2.45, 2.75) is 39.3 Å². The van der Waals surface area contributed by atoms with E-state index in [2.05, 4.69) is 27.1 Å². The number of ether oxygens (including phenoxy) is 1. The standard InChI is InChI=1S/C24H34N4O4S.ClH/c1-4-28(5-2)24(29)25-20-14-16-27(17-15-20)18-19-6-10-22(11-7-19)32-23-12-8-21(9-13-23)26-33(3,30)31;/h6-13,20,26H,4-5,14-18H2,1-3H3,(H,25,29);1H. The van der Waals surface area contributed by atoms with Gasteiger partial charge in [-0.05, 0) is 68.7 Å². The number of carbonyl (C=O) groups excluding carboxylic acids is 1. The van der Waals surface area contributed by atoms with Crippen molar-refractivity contribution in [2.75, 3.05) is 37.2 Å². The molecule has 1 saturated heterocycles. The molecule has 8 nitrogen and oxygen atoms in total. The highest BCUT2D eigenvalue weighted by Crippen LogP contribution is 2.24. The third kappa shape index (κ3) is 8.70. The number of urea groups is 1. The number of benzene rings is 2. The molecule has 2 N–H and O–H groups in total. The zero-order valence-electron chi connectivity index (χ0n) is 20.0. The number of nitrogens with one attached hydrogen (secondary N) is 2. The molecule has 0 saturated carbocycles. The highest BCUT2D eigenvalue weighted by molar-refractivity contribution is 7.92. The lowest BCUT2D eigenvalue weighted by atomic mass is 10.0. The van der Waals surface area contributed by atoms with Crippen molar-refractivity contribution in [3.05, 3.63) is 54.1 Å². The van der Waals surface area contributed by atoms with Gasteiger partial charge in [0.15, 0.2) is 0 Å². The molecule has 34 heavy (non-hydrogen) atoms. The van der Waals surface area contributed by atoms with Crippen LogP contribution in [-0.2, 0) is 16.6 Å². The number of sulfonamides is 1. The topological polar surface area (TPSA) is 91.0 Å². The maximum Gasteiger partial charge on any atom is 0.317 e. The van der Waals surface area contributed by atoms with Crippen LogP contribution in [0.15, 0.2) is 48.5 Å². The van der Waals surface area contributed by atoms with Crippen LogP contribution in [0.4, 0.5) is 10.5 Å². The number of halogens is 1. The number of carbonyl (C=O) groups is 1. The van der Waals surface area contributed by atoms with Gasteiger partial charge in [-0.25, -0.2) is 13.2 Å². The summed E-state index contributed by atoms with van der Waals surface area (Å²) in [4.78, 5) is 16.5. The number of rotatable bonds is 9. The number of nitrogens with zero attached hydrogens (tertiary/aromatic N) is 2. The van der Waals surface area contributed by atoms with Crippen molar-refractivity contribution >= 4 is 34.1 Å². The predicted octanol–water partition coefficient (Wildman–Crippen LogP) is 4.29. The van der Waals surface area contributed by atoms with Crippen molar-refractivity contribution in [1.82, 2.24) is 15.1 Å². The smallest absolute Gasteiger partial charge is 0.317 e. The second-order valence-corrected chi connectivity index (χ2v) is 10.1. The van der Waals surface area contributed by atoms with Gasteiger partial charge in [-0.15, -0.1) is 12.4 Å². The minimum atomic E-state index is -3.30. The molecule has 188 valence electrons. The second kappa shape index (κ2) is 12.8. The Balaban J connectivity index is 0.00000408. The van der Waals surface area contributed by atoms with Crippen molar-refractivity contribution < 1.29 is 17.9 Å². The lowest BCUT2D eigenvalue weighted by molar-refractivity contribution is 0.171. The molecule has 0 bridgehead atoms. The summed E-state index contributed by atoms with van der Waals surface area (Å²) in [7, 11) is -3.30. The number of hydrogen-bond donors (Lipinski definition) is 2. The van der Waals surface area contributed by atoms with Crippen LogP contribution < -0.4 is 14.8 Å². The van der Waals surface area contributed by atoms with E-state index in [0.29, 0.717) is 11.4 Å². The van der Waals surface area contributed by atoms with Crippen LogP contribution in [0.25, 0.3) is 0 Å². The molecule has 1 heterocycles. The average Bonchev–Trinajstić information content (AvgIpc) is 2.78. The normalized spacial score (nSPS) is 14.7. The zero-order chi connectivity index (χ0) is 23.8. The fourth-order valence-electron chi connectivity index (χ4n) is 3.87. The van der Waals surface area contributed by atoms with Gasteiger partial charge in [0, 0.05) is 44.5 Å². The number of amides is 2. The Morgan fingerprint density at radius 2 is 1.53 bits per heavy atom. The first kappa shape index (κ1) is 27.8. The first-order chi connectivity index (χ1) is 15.8. The zero-order valence-corrected chi connectivity index (χ0v) is 21.6. The monoisotopic (exact) mass is 510 g/mol. The maximum atomic E-state index is 12.2. The van der Waals surface area contributed by atoms with Crippen molar-refractivity contribution in [3.63, 3.8) is 0 Å². The third-order valence-corrected chi connectivity index (χ3v) is 6.30. The van der Waals surface area contributed by atoms with Crippen LogP contribution in [0.3, 0.4) is 0 Å². The summed E-state index contributed by atoms with van der Waals surface area (Å²) in [6.45, 7) is 8.22. The van der Waals surface area contributed by atoms with Crippen LogP contribution in [0.1, 0.15) is 32.3 Å². The first-order valence-electron chi connectivity index (χ1n) is 11.4. The van der Waals surface area contributed by atoms with Gasteiger partial charge in [0.05, 0.1) is 6.26 Å². The average molecular weight is 511 g/mol. The van der Waals surface area contributed by atoms with Gasteiger partial charge in [-0.2, -0.15) is 0 Å².